The van der Waals surface area contributed by atoms with Crippen LogP contribution >= 0.6 is 15.9 Å². The van der Waals surface area contributed by atoms with E-state index >= 15 is 0 Å². The molecule has 2 aliphatic rings. The van der Waals surface area contributed by atoms with Crippen LogP contribution in [-0.2, 0) is 21.7 Å². The summed E-state index contributed by atoms with van der Waals surface area (Å²) in [5, 5.41) is 1.09. The molecule has 2 atom stereocenters. The zero-order valence-corrected chi connectivity index (χ0v) is 21.7. The molecular weight excluding hydrogens is 518 g/mol. The summed E-state index contributed by atoms with van der Waals surface area (Å²) in [6.07, 6.45) is 0. The van der Waals surface area contributed by atoms with Gasteiger partial charge in [0.15, 0.2) is 5.54 Å². The first-order valence-corrected chi connectivity index (χ1v) is 12.8. The van der Waals surface area contributed by atoms with E-state index in [0.717, 1.165) is 43.5 Å². The number of nitrogens with zero attached hydrogens (tertiary/aromatic N) is 2. The molecule has 0 saturated carbocycles. The molecule has 0 bridgehead atoms. The number of piperazine rings is 1. The lowest BCUT2D eigenvalue weighted by Crippen LogP contribution is -2.67. The molecule has 1 fully saturated rings. The van der Waals surface area contributed by atoms with Crippen LogP contribution in [0.15, 0.2) is 77.3 Å². The van der Waals surface area contributed by atoms with E-state index in [0.29, 0.717) is 13.1 Å². The summed E-state index contributed by atoms with van der Waals surface area (Å²) in [5.74, 6) is 0.557. The maximum absolute atomic E-state index is 14.2. The smallest absolute Gasteiger partial charge is 0.255 e. The number of hydrogen-bond donors (Lipinski definition) is 1. The molecule has 1 N–H and O–H groups in total. The number of H-pyrrole nitrogens is 1. The van der Waals surface area contributed by atoms with Crippen molar-refractivity contribution in [2.45, 2.75) is 24.9 Å². The Balaban J connectivity index is 1.48. The number of methoxy groups -OCH3 is 1. The van der Waals surface area contributed by atoms with Crippen LogP contribution in [0.2, 0.25) is 0 Å². The van der Waals surface area contributed by atoms with Gasteiger partial charge in [-0.25, -0.2) is 0 Å². The van der Waals surface area contributed by atoms with Gasteiger partial charge in [0.1, 0.15) is 12.3 Å². The average Bonchev–Trinajstić information content (AvgIpc) is 3.29. The van der Waals surface area contributed by atoms with E-state index < -0.39 is 5.54 Å². The maximum atomic E-state index is 14.2. The number of benzene rings is 3. The number of nitrogens with one attached hydrogen (secondary N) is 1. The number of carbonyl (C=O) groups excluding carboxylic acids is 2. The summed E-state index contributed by atoms with van der Waals surface area (Å²) in [6.45, 7) is 2.73. The van der Waals surface area contributed by atoms with Crippen LogP contribution in [0.3, 0.4) is 0 Å². The van der Waals surface area contributed by atoms with Crippen molar-refractivity contribution in [1.29, 1.82) is 0 Å². The molecule has 6 nitrogen and oxygen atoms in total. The van der Waals surface area contributed by atoms with Crippen molar-refractivity contribution < 1.29 is 14.3 Å². The quantitative estimate of drug-likeness (QED) is 0.386. The lowest BCUT2D eigenvalue weighted by molar-refractivity contribution is -0.166. The van der Waals surface area contributed by atoms with Gasteiger partial charge < -0.3 is 19.5 Å². The van der Waals surface area contributed by atoms with Gasteiger partial charge >= 0.3 is 0 Å². The van der Waals surface area contributed by atoms with Gasteiger partial charge in [-0.15, -0.1) is 0 Å². The van der Waals surface area contributed by atoms with Crippen LogP contribution in [0.5, 0.6) is 5.75 Å². The van der Waals surface area contributed by atoms with Gasteiger partial charge in [-0.05, 0) is 53.9 Å². The summed E-state index contributed by atoms with van der Waals surface area (Å²) in [7, 11) is 1.62. The van der Waals surface area contributed by atoms with Gasteiger partial charge in [-0.2, -0.15) is 0 Å². The molecule has 1 aromatic heterocycles. The van der Waals surface area contributed by atoms with Gasteiger partial charge in [0, 0.05) is 34.4 Å². The number of halogens is 1. The Morgan fingerprint density at radius 1 is 1.06 bits per heavy atom. The molecule has 3 heterocycles. The Bertz CT molecular complexity index is 1500. The van der Waals surface area contributed by atoms with E-state index in [1.54, 1.807) is 16.9 Å². The summed E-state index contributed by atoms with van der Waals surface area (Å²) >= 11 is 3.53. The van der Waals surface area contributed by atoms with Crippen LogP contribution in [0.4, 0.5) is 0 Å². The van der Waals surface area contributed by atoms with Crippen LogP contribution in [0.25, 0.3) is 10.9 Å². The first-order chi connectivity index (χ1) is 17.4. The zero-order valence-electron chi connectivity index (χ0n) is 20.1. The van der Waals surface area contributed by atoms with Gasteiger partial charge in [-0.3, -0.25) is 9.59 Å². The van der Waals surface area contributed by atoms with E-state index in [4.69, 9.17) is 4.74 Å². The van der Waals surface area contributed by atoms with Crippen molar-refractivity contribution in [2.24, 2.45) is 0 Å². The van der Waals surface area contributed by atoms with E-state index in [2.05, 4.69) is 39.1 Å². The van der Waals surface area contributed by atoms with E-state index in [1.165, 1.54) is 0 Å². The number of ether oxygens (including phenoxy) is 1. The highest BCUT2D eigenvalue weighted by molar-refractivity contribution is 9.10. The Morgan fingerprint density at radius 2 is 1.83 bits per heavy atom. The molecule has 3 aromatic carbocycles. The number of carbonyl (C=O) groups is 2. The fraction of sp³-hybridized carbons (Fsp3) is 0.241. The van der Waals surface area contributed by atoms with Crippen LogP contribution in [-0.4, -0.2) is 46.8 Å². The van der Waals surface area contributed by atoms with Gasteiger partial charge in [-0.1, -0.05) is 58.4 Å². The highest BCUT2D eigenvalue weighted by Crippen LogP contribution is 2.48. The molecule has 1 saturated heterocycles. The first-order valence-electron chi connectivity index (χ1n) is 12.0. The predicted octanol–water partition coefficient (Wildman–Crippen LogP) is 5.17. The molecule has 0 aliphatic carbocycles. The van der Waals surface area contributed by atoms with Crippen LogP contribution < -0.4 is 4.74 Å². The van der Waals surface area contributed by atoms with Crippen LogP contribution in [0.1, 0.15) is 35.2 Å². The Labute approximate surface area is 218 Å². The molecule has 0 radical (unpaired) electrons. The number of rotatable bonds is 4. The van der Waals surface area contributed by atoms with Crippen LogP contribution in [0, 0.1) is 0 Å². The highest BCUT2D eigenvalue weighted by Gasteiger charge is 2.56. The van der Waals surface area contributed by atoms with E-state index in [-0.39, 0.29) is 24.3 Å². The normalized spacial score (nSPS) is 21.5. The predicted molar refractivity (Wildman–Crippen MR) is 142 cm³/mol. The number of aromatic nitrogens is 1. The van der Waals surface area contributed by atoms with Crippen molar-refractivity contribution in [3.8, 4) is 5.75 Å². The zero-order chi connectivity index (χ0) is 25.0. The van der Waals surface area contributed by atoms with E-state index in [9.17, 15) is 9.59 Å². The summed E-state index contributed by atoms with van der Waals surface area (Å²) < 4.78 is 6.36. The summed E-state index contributed by atoms with van der Waals surface area (Å²) in [6, 6.07) is 24.0. The average molecular weight is 544 g/mol. The second kappa shape index (κ2) is 8.52. The number of fused-ring (bicyclic) bond motifs is 5. The Hall–Kier alpha value is -3.58. The minimum atomic E-state index is -1.12. The minimum Gasteiger partial charge on any atom is -0.497 e. The fourth-order valence-corrected chi connectivity index (χ4v) is 6.05. The Morgan fingerprint density at radius 3 is 2.61 bits per heavy atom. The number of aromatic amines is 1. The number of amides is 2. The van der Waals surface area contributed by atoms with Gasteiger partial charge in [0.2, 0.25) is 5.91 Å². The molecule has 182 valence electrons. The molecule has 7 heteroatoms. The van der Waals surface area contributed by atoms with Gasteiger partial charge in [0.25, 0.3) is 5.91 Å². The summed E-state index contributed by atoms with van der Waals surface area (Å²) in [5.41, 5.74) is 3.79. The second-order valence-corrected chi connectivity index (χ2v) is 10.6. The first kappa shape index (κ1) is 22.9. The second-order valence-electron chi connectivity index (χ2n) is 9.65. The van der Waals surface area contributed by atoms with Crippen molar-refractivity contribution in [3.63, 3.8) is 0 Å². The monoisotopic (exact) mass is 543 g/mol. The third kappa shape index (κ3) is 3.45. The minimum absolute atomic E-state index is 0.0426. The maximum Gasteiger partial charge on any atom is 0.255 e. The molecule has 1 unspecified atom stereocenters. The van der Waals surface area contributed by atoms with Crippen molar-refractivity contribution in [1.82, 2.24) is 14.8 Å². The van der Waals surface area contributed by atoms with Crippen molar-refractivity contribution >= 4 is 38.6 Å². The van der Waals surface area contributed by atoms with E-state index in [1.807, 2.05) is 61.5 Å². The molecule has 36 heavy (non-hydrogen) atoms. The molecule has 4 aromatic rings. The molecule has 2 aliphatic heterocycles. The molecule has 6 rings (SSSR count). The molecule has 0 spiro atoms. The number of hydrogen-bond acceptors (Lipinski definition) is 3. The Kier molecular flexibility index (Phi) is 5.41. The standard InChI is InChI=1S/C29H26BrN3O3/c1-29-27-26(22-8-3-4-9-24(22)31-27)23(19-10-12-20(30)13-11-19)16-33(29)25(34)17-32(28(29)35)15-18-6-5-7-21(14-18)36-2/h3-14,23,31H,15-17H2,1-2H3/t23?,29-/m0/s1. The number of para-hydroxylation sites is 1. The lowest BCUT2D eigenvalue weighted by Gasteiger charge is -2.51. The fourth-order valence-electron chi connectivity index (χ4n) is 5.79. The topological polar surface area (TPSA) is 65.6 Å². The van der Waals surface area contributed by atoms with Crippen molar-refractivity contribution in [2.75, 3.05) is 20.2 Å². The summed E-state index contributed by atoms with van der Waals surface area (Å²) in [4.78, 5) is 34.8. The van der Waals surface area contributed by atoms with Crippen molar-refractivity contribution in [3.05, 3.63) is 99.7 Å². The largest absolute Gasteiger partial charge is 0.497 e. The third-order valence-corrected chi connectivity index (χ3v) is 8.13. The highest BCUT2D eigenvalue weighted by atomic mass is 79.9. The third-order valence-electron chi connectivity index (χ3n) is 7.60. The molecule has 2 amide bonds. The van der Waals surface area contributed by atoms with Gasteiger partial charge in [0.05, 0.1) is 12.8 Å². The lowest BCUT2D eigenvalue weighted by atomic mass is 9.76. The molecular formula is C29H26BrN3O3. The SMILES string of the molecule is COc1cccc(CN2CC(=O)N3CC(c4ccc(Br)cc4)c4c([nH]c5ccccc45)[C@@]3(C)C2=O)c1.